The molecule has 0 saturated carbocycles. The van der Waals surface area contributed by atoms with E-state index in [1.165, 1.54) is 0 Å². The van der Waals surface area contributed by atoms with Crippen LogP contribution in [0, 0.1) is 0 Å². The zero-order chi connectivity index (χ0) is 8.08. The van der Waals surface area contributed by atoms with E-state index in [1.807, 2.05) is 0 Å². The summed E-state index contributed by atoms with van der Waals surface area (Å²) in [4.78, 5) is 14.2. The Hall–Kier alpha value is -0.0200. The molecule has 0 aliphatic carbocycles. The van der Waals surface area contributed by atoms with Crippen LogP contribution in [0.4, 0.5) is 0 Å². The summed E-state index contributed by atoms with van der Waals surface area (Å²) in [7, 11) is -2.87. The third kappa shape index (κ3) is 713000. The summed E-state index contributed by atoms with van der Waals surface area (Å²) in [5, 5.41) is 8.52. The molecule has 5 heteroatoms. The Labute approximate surface area is 55.1 Å². The molecule has 0 radical (unpaired) electrons. The van der Waals surface area contributed by atoms with E-state index in [9.17, 15) is 0 Å². The summed E-state index contributed by atoms with van der Waals surface area (Å²) < 4.78 is 8.70. The number of aliphatic hydroxyl groups is 1. The molecule has 0 aliphatic heterocycles. The van der Waals surface area contributed by atoms with Gasteiger partial charge in [-0.15, -0.1) is 9.79 Å². The van der Waals surface area contributed by atoms with Crippen LogP contribution in [0.2, 0.25) is 0 Å². The Kier molecular flexibility index (Phi) is 6.29. The largest absolute Gasteiger partial charge is 0.692 e. The van der Waals surface area contributed by atoms with Crippen molar-refractivity contribution >= 4 is 8.25 Å². The van der Waals surface area contributed by atoms with Gasteiger partial charge in [-0.05, 0) is 20.8 Å². The van der Waals surface area contributed by atoms with Crippen molar-refractivity contribution in [1.29, 1.82) is 0 Å². The number of hydrogen-bond donors (Lipinski definition) is 3. The summed E-state index contributed by atoms with van der Waals surface area (Å²) in [6.07, 6.45) is 0. The summed E-state index contributed by atoms with van der Waals surface area (Å²) in [5.41, 5.74) is -0.500. The van der Waals surface area contributed by atoms with E-state index in [2.05, 4.69) is 0 Å². The second-order valence-corrected chi connectivity index (χ2v) is 2.93. The quantitative estimate of drug-likeness (QED) is 0.442. The molecule has 0 atom stereocenters. The van der Waals surface area contributed by atoms with Gasteiger partial charge >= 0.3 is 8.25 Å². The molecule has 0 aromatic rings. The van der Waals surface area contributed by atoms with Crippen LogP contribution in [0.5, 0.6) is 0 Å². The van der Waals surface area contributed by atoms with Crippen molar-refractivity contribution in [3.63, 3.8) is 0 Å². The van der Waals surface area contributed by atoms with Crippen LogP contribution in [0.15, 0.2) is 0 Å². The Morgan fingerprint density at radius 3 is 1.22 bits per heavy atom. The smallest absolute Gasteiger partial charge is 0.391 e. The molecular formula is C4H12O4P+. The molecule has 0 rings (SSSR count). The summed E-state index contributed by atoms with van der Waals surface area (Å²) >= 11 is 0. The molecule has 56 valence electrons. The average Bonchev–Trinajstić information content (AvgIpc) is 1.19. The van der Waals surface area contributed by atoms with Gasteiger partial charge in [-0.25, -0.2) is 0 Å². The fraction of sp³-hybridized carbons (Fsp3) is 1.00. The molecule has 0 unspecified atom stereocenters. The van der Waals surface area contributed by atoms with E-state index in [4.69, 9.17) is 19.5 Å². The maximum atomic E-state index is 8.70. The average molecular weight is 155 g/mol. The first-order chi connectivity index (χ1) is 3.73. The lowest BCUT2D eigenvalue weighted by molar-refractivity contribution is 0.102. The van der Waals surface area contributed by atoms with Crippen LogP contribution in [-0.2, 0) is 4.57 Å². The third-order valence-electron chi connectivity index (χ3n) is 0. The van der Waals surface area contributed by atoms with E-state index in [1.54, 1.807) is 20.8 Å². The predicted octanol–water partition coefficient (Wildman–Crippen LogP) is 0.406. The van der Waals surface area contributed by atoms with Crippen molar-refractivity contribution in [3.8, 4) is 0 Å². The molecule has 0 fully saturated rings. The van der Waals surface area contributed by atoms with E-state index in [0.29, 0.717) is 0 Å². The van der Waals surface area contributed by atoms with Gasteiger partial charge < -0.3 is 5.11 Å². The standard InChI is InChI=1S/C4H10O.HO3P/c1-4(2,3)5;1-4(2)3/h5H,1-3H3;(H-,1,2,3)/p+1. The molecule has 4 nitrogen and oxygen atoms in total. The Morgan fingerprint density at radius 2 is 1.22 bits per heavy atom. The molecule has 9 heavy (non-hydrogen) atoms. The third-order valence-corrected chi connectivity index (χ3v) is 0. The fourth-order valence-corrected chi connectivity index (χ4v) is 0. The minimum atomic E-state index is -2.87. The van der Waals surface area contributed by atoms with E-state index >= 15 is 0 Å². The molecule has 0 aliphatic rings. The van der Waals surface area contributed by atoms with Crippen LogP contribution < -0.4 is 0 Å². The predicted molar refractivity (Wildman–Crippen MR) is 34.0 cm³/mol. The molecule has 0 heterocycles. The van der Waals surface area contributed by atoms with Gasteiger partial charge in [-0.3, -0.25) is 0 Å². The SMILES string of the molecule is CC(C)(C)O.O=[P+](O)O. The zero-order valence-corrected chi connectivity index (χ0v) is 6.59. The maximum Gasteiger partial charge on any atom is 0.692 e. The van der Waals surface area contributed by atoms with Crippen LogP contribution in [-0.4, -0.2) is 20.5 Å². The van der Waals surface area contributed by atoms with Gasteiger partial charge in [0.25, 0.3) is 0 Å². The molecule has 0 aromatic carbocycles. The van der Waals surface area contributed by atoms with Crippen molar-refractivity contribution in [3.05, 3.63) is 0 Å². The highest BCUT2D eigenvalue weighted by atomic mass is 31.1. The Bertz CT molecular complexity index is 75.1. The normalized spacial score (nSPS) is 9.56. The lowest BCUT2D eigenvalue weighted by atomic mass is 10.2. The van der Waals surface area contributed by atoms with Gasteiger partial charge in [0.15, 0.2) is 0 Å². The minimum absolute atomic E-state index is 0.500. The van der Waals surface area contributed by atoms with Crippen LogP contribution in [0.3, 0.4) is 0 Å². The summed E-state index contributed by atoms with van der Waals surface area (Å²) in [6, 6.07) is 0. The first-order valence-corrected chi connectivity index (χ1v) is 3.47. The molecule has 0 amide bonds. The van der Waals surface area contributed by atoms with Crippen LogP contribution in [0.25, 0.3) is 0 Å². The van der Waals surface area contributed by atoms with E-state index in [-0.39, 0.29) is 0 Å². The molecular weight excluding hydrogens is 143 g/mol. The molecule has 0 spiro atoms. The van der Waals surface area contributed by atoms with Crippen molar-refractivity contribution < 1.29 is 19.5 Å². The first-order valence-electron chi connectivity index (χ1n) is 2.31. The van der Waals surface area contributed by atoms with Gasteiger partial charge in [0, 0.05) is 4.57 Å². The number of rotatable bonds is 0. The molecule has 0 saturated heterocycles. The van der Waals surface area contributed by atoms with Crippen molar-refractivity contribution in [2.75, 3.05) is 0 Å². The Balaban J connectivity index is 0. The highest BCUT2D eigenvalue weighted by Gasteiger charge is 1.97. The fourth-order valence-electron chi connectivity index (χ4n) is 0. The van der Waals surface area contributed by atoms with Gasteiger partial charge in [-0.2, -0.15) is 0 Å². The lowest BCUT2D eigenvalue weighted by Gasteiger charge is -2.04. The summed E-state index contributed by atoms with van der Waals surface area (Å²) in [6.45, 7) is 5.23. The van der Waals surface area contributed by atoms with Crippen molar-refractivity contribution in [2.24, 2.45) is 0 Å². The van der Waals surface area contributed by atoms with Crippen LogP contribution in [0.1, 0.15) is 20.8 Å². The van der Waals surface area contributed by atoms with E-state index in [0.717, 1.165) is 0 Å². The first kappa shape index (κ1) is 11.7. The highest BCUT2D eigenvalue weighted by Crippen LogP contribution is 1.98. The minimum Gasteiger partial charge on any atom is -0.391 e. The monoisotopic (exact) mass is 155 g/mol. The molecule has 0 bridgehead atoms. The van der Waals surface area contributed by atoms with Crippen molar-refractivity contribution in [2.45, 2.75) is 26.4 Å². The van der Waals surface area contributed by atoms with Crippen LogP contribution >= 0.6 is 8.25 Å². The van der Waals surface area contributed by atoms with Gasteiger partial charge in [-0.1, -0.05) is 0 Å². The van der Waals surface area contributed by atoms with Gasteiger partial charge in [0.1, 0.15) is 0 Å². The lowest BCUT2D eigenvalue weighted by Crippen LogP contribution is -2.10. The second-order valence-electron chi connectivity index (χ2n) is 2.42. The molecule has 3 N–H and O–H groups in total. The highest BCUT2D eigenvalue weighted by molar-refractivity contribution is 7.30. The maximum absolute atomic E-state index is 8.70. The van der Waals surface area contributed by atoms with Gasteiger partial charge in [0.05, 0.1) is 5.60 Å². The molecule has 0 aromatic heterocycles. The zero-order valence-electron chi connectivity index (χ0n) is 5.70. The Morgan fingerprint density at radius 1 is 1.22 bits per heavy atom. The topological polar surface area (TPSA) is 77.8 Å². The second kappa shape index (κ2) is 4.82. The van der Waals surface area contributed by atoms with Gasteiger partial charge in [0.2, 0.25) is 0 Å². The summed E-state index contributed by atoms with van der Waals surface area (Å²) in [5.74, 6) is 0. The number of hydrogen-bond acceptors (Lipinski definition) is 2. The van der Waals surface area contributed by atoms with Crippen molar-refractivity contribution in [1.82, 2.24) is 0 Å². The van der Waals surface area contributed by atoms with E-state index < -0.39 is 13.9 Å².